The molecule has 4 aromatic heterocycles. The molecule has 4 aromatic rings. The van der Waals surface area contributed by atoms with Gasteiger partial charge in [-0.15, -0.1) is 0 Å². The van der Waals surface area contributed by atoms with Gasteiger partial charge in [0, 0.05) is 22.3 Å². The van der Waals surface area contributed by atoms with Crippen LogP contribution in [0.2, 0.25) is 13.1 Å². The maximum absolute atomic E-state index is 14.5. The number of pyridine rings is 2. The molecule has 0 fully saturated rings. The zero-order chi connectivity index (χ0) is 26.7. The largest absolute Gasteiger partial charge is 2.00 e. The van der Waals surface area contributed by atoms with Crippen molar-refractivity contribution in [1.82, 2.24) is 29.1 Å². The van der Waals surface area contributed by atoms with Gasteiger partial charge >= 0.3 is 21.1 Å². The summed E-state index contributed by atoms with van der Waals surface area (Å²) in [5.74, 6) is 1.46. The summed E-state index contributed by atoms with van der Waals surface area (Å²) in [4.78, 5) is 17.2. The van der Waals surface area contributed by atoms with Gasteiger partial charge < -0.3 is 19.1 Å². The molecule has 10 heteroatoms. The van der Waals surface area contributed by atoms with Gasteiger partial charge in [-0.05, 0) is 49.2 Å². The number of aromatic nitrogens is 6. The van der Waals surface area contributed by atoms with Crippen molar-refractivity contribution in [2.24, 2.45) is 0 Å². The first-order valence-electron chi connectivity index (χ1n) is 12.9. The minimum absolute atomic E-state index is 0. The number of halogens is 2. The van der Waals surface area contributed by atoms with Crippen molar-refractivity contribution in [2.75, 3.05) is 0 Å². The van der Waals surface area contributed by atoms with Crippen LogP contribution < -0.4 is 10.6 Å². The van der Waals surface area contributed by atoms with Gasteiger partial charge in [-0.2, -0.15) is 0 Å². The van der Waals surface area contributed by atoms with Crippen LogP contribution in [0.15, 0.2) is 36.7 Å². The van der Waals surface area contributed by atoms with Crippen molar-refractivity contribution in [3.05, 3.63) is 72.3 Å². The second-order valence-electron chi connectivity index (χ2n) is 10.3. The van der Waals surface area contributed by atoms with E-state index in [1.165, 1.54) is 21.5 Å². The van der Waals surface area contributed by atoms with Crippen LogP contribution in [0.3, 0.4) is 0 Å². The molecule has 0 aliphatic carbocycles. The quantitative estimate of drug-likeness (QED) is 0.164. The first-order valence-corrected chi connectivity index (χ1v) is 15.9. The monoisotopic (exact) mass is 715 g/mol. The molecular formula is C28H34F2N6PtSi. The van der Waals surface area contributed by atoms with Crippen LogP contribution in [0, 0.1) is 24.6 Å². The second-order valence-corrected chi connectivity index (χ2v) is 14.6. The Balaban J connectivity index is 0.00000400. The molecule has 204 valence electrons. The Morgan fingerprint density at radius 2 is 1.16 bits per heavy atom. The predicted molar refractivity (Wildman–Crippen MR) is 144 cm³/mol. The number of hydrogen-bond acceptors (Lipinski definition) is 4. The number of imidazole rings is 2. The van der Waals surface area contributed by atoms with Gasteiger partial charge in [0.1, 0.15) is 0 Å². The summed E-state index contributed by atoms with van der Waals surface area (Å²) in [7, 11) is -2.54. The first-order chi connectivity index (χ1) is 17.6. The van der Waals surface area contributed by atoms with E-state index >= 15 is 0 Å². The fourth-order valence-corrected chi connectivity index (χ4v) is 6.77. The Kier molecular flexibility index (Phi) is 9.93. The fraction of sp³-hybridized carbons (Fsp3) is 0.429. The van der Waals surface area contributed by atoms with Crippen LogP contribution >= 0.6 is 0 Å². The molecule has 0 spiro atoms. The molecule has 0 aromatic carbocycles. The van der Waals surface area contributed by atoms with Crippen LogP contribution in [0.25, 0.3) is 11.6 Å². The Hall–Kier alpha value is -2.51. The van der Waals surface area contributed by atoms with Gasteiger partial charge in [0.2, 0.25) is 0 Å². The summed E-state index contributed by atoms with van der Waals surface area (Å²) in [6, 6.07) is 8.12. The summed E-state index contributed by atoms with van der Waals surface area (Å²) in [5.41, 5.74) is 2.18. The number of nitrogens with zero attached hydrogens (tertiary/aromatic N) is 6. The zero-order valence-corrected chi connectivity index (χ0v) is 26.0. The fourth-order valence-electron chi connectivity index (χ4n) is 4.67. The normalized spacial score (nSPS) is 13.3. The average Bonchev–Trinajstić information content (AvgIpc) is 3.51. The van der Waals surface area contributed by atoms with E-state index in [1.807, 2.05) is 12.1 Å². The van der Waals surface area contributed by atoms with Crippen LogP contribution in [0.1, 0.15) is 76.3 Å². The third-order valence-corrected chi connectivity index (χ3v) is 10.1. The third-order valence-electron chi connectivity index (χ3n) is 7.07. The van der Waals surface area contributed by atoms with E-state index in [-0.39, 0.29) is 32.9 Å². The molecule has 0 aliphatic rings. The Morgan fingerprint density at radius 1 is 0.763 bits per heavy atom. The maximum atomic E-state index is 14.5. The standard InChI is InChI=1S/C28H34F2N6Si.Pt/c1-7-9-19(3)21-15-23(35-13-11-31-27(35)29)33-25(17-21)37(5,6)26-18-22(20(4)10-8-2)16-24(34-26)36-14-12-32-28(36)30;/h11-12,15-20H,7-10H2,1-6H3;/q-2;+2. The average molecular weight is 716 g/mol. The van der Waals surface area contributed by atoms with Gasteiger partial charge in [0.05, 0.1) is 0 Å². The molecule has 0 saturated heterocycles. The topological polar surface area (TPSA) is 61.4 Å². The Labute approximate surface area is 239 Å². The minimum Gasteiger partial charge on any atom is -0.423 e. The minimum atomic E-state index is -2.54. The summed E-state index contributed by atoms with van der Waals surface area (Å²) >= 11 is 0. The molecule has 6 nitrogen and oxygen atoms in total. The molecule has 38 heavy (non-hydrogen) atoms. The summed E-state index contributed by atoms with van der Waals surface area (Å²) < 4.78 is 31.4. The molecule has 0 amide bonds. The second kappa shape index (κ2) is 12.6. The molecule has 0 N–H and O–H groups in total. The zero-order valence-electron chi connectivity index (χ0n) is 22.7. The van der Waals surface area contributed by atoms with Crippen molar-refractivity contribution < 1.29 is 29.8 Å². The third kappa shape index (κ3) is 6.20. The van der Waals surface area contributed by atoms with E-state index in [2.05, 4.69) is 75.3 Å². The van der Waals surface area contributed by atoms with Crippen molar-refractivity contribution in [2.45, 2.75) is 78.3 Å². The first kappa shape index (κ1) is 30.0. The van der Waals surface area contributed by atoms with E-state index in [1.54, 1.807) is 0 Å². The Morgan fingerprint density at radius 3 is 1.47 bits per heavy atom. The van der Waals surface area contributed by atoms with Gasteiger partial charge in [-0.25, -0.2) is 8.78 Å². The van der Waals surface area contributed by atoms with Crippen LogP contribution in [-0.2, 0) is 21.1 Å². The van der Waals surface area contributed by atoms with Crippen molar-refractivity contribution >= 4 is 18.7 Å². The molecule has 0 bridgehead atoms. The van der Waals surface area contributed by atoms with E-state index in [0.29, 0.717) is 11.6 Å². The molecule has 4 rings (SSSR count). The van der Waals surface area contributed by atoms with E-state index in [0.717, 1.165) is 47.4 Å². The smallest absolute Gasteiger partial charge is 0.423 e. The summed E-state index contributed by atoms with van der Waals surface area (Å²) in [6.07, 6.45) is 11.0. The molecule has 2 unspecified atom stereocenters. The SMILES string of the molecule is CCCC(C)c1cc(-n2[c-]cnc2F)nc([Si](C)(C)c2cc(C(C)CCC)cc(-n3[c-]cnc3F)n2)c1.[Pt+2]. The molecular weight excluding hydrogens is 682 g/mol. The molecule has 0 radical (unpaired) electrons. The number of hydrogen-bond donors (Lipinski definition) is 0. The number of rotatable bonds is 10. The van der Waals surface area contributed by atoms with Crippen LogP contribution in [-0.4, -0.2) is 37.1 Å². The Bertz CT molecular complexity index is 1270. The van der Waals surface area contributed by atoms with Crippen molar-refractivity contribution in [1.29, 1.82) is 0 Å². The maximum Gasteiger partial charge on any atom is 2.00 e. The molecule has 0 saturated carbocycles. The van der Waals surface area contributed by atoms with Gasteiger partial charge in [-0.1, -0.05) is 89.3 Å². The predicted octanol–water partition coefficient (Wildman–Crippen LogP) is 5.35. The van der Waals surface area contributed by atoms with Crippen molar-refractivity contribution in [3.63, 3.8) is 0 Å². The van der Waals surface area contributed by atoms with E-state index < -0.39 is 20.2 Å². The van der Waals surface area contributed by atoms with Gasteiger partial charge in [0.15, 0.2) is 20.2 Å². The molecule has 2 atom stereocenters. The van der Waals surface area contributed by atoms with E-state index in [9.17, 15) is 8.78 Å². The van der Waals surface area contributed by atoms with Crippen LogP contribution in [0.4, 0.5) is 8.78 Å². The van der Waals surface area contributed by atoms with Crippen molar-refractivity contribution in [3.8, 4) is 11.6 Å². The van der Waals surface area contributed by atoms with Gasteiger partial charge in [0.25, 0.3) is 0 Å². The molecule has 4 heterocycles. The summed E-state index contributed by atoms with van der Waals surface area (Å²) in [5, 5.41) is 1.75. The van der Waals surface area contributed by atoms with Crippen LogP contribution in [0.5, 0.6) is 0 Å². The molecule has 0 aliphatic heterocycles. The summed E-state index contributed by atoms with van der Waals surface area (Å²) in [6.45, 7) is 13.0. The van der Waals surface area contributed by atoms with E-state index in [4.69, 9.17) is 9.97 Å². The van der Waals surface area contributed by atoms with Gasteiger partial charge in [-0.3, -0.25) is 9.97 Å².